The first-order valence-corrected chi connectivity index (χ1v) is 7.50. The molecule has 2 rings (SSSR count). The van der Waals surface area contributed by atoms with Gasteiger partial charge in [-0.15, -0.1) is 11.6 Å². The Morgan fingerprint density at radius 1 is 1.39 bits per heavy atom. The topological polar surface area (TPSA) is 20.3 Å². The van der Waals surface area contributed by atoms with E-state index >= 15 is 0 Å². The third kappa shape index (κ3) is 3.07. The molecule has 1 aliphatic rings. The number of benzene rings is 1. The van der Waals surface area contributed by atoms with Crippen molar-refractivity contribution in [1.29, 1.82) is 0 Å². The molecule has 98 valence electrons. The third-order valence-electron chi connectivity index (χ3n) is 3.58. The van der Waals surface area contributed by atoms with Crippen LogP contribution in [0.2, 0.25) is 0 Å². The first-order chi connectivity index (χ1) is 8.59. The highest BCUT2D eigenvalue weighted by molar-refractivity contribution is 9.10. The molecular weight excluding hydrogens is 314 g/mol. The molecule has 0 aliphatic carbocycles. The molecule has 1 heterocycles. The van der Waals surface area contributed by atoms with Crippen molar-refractivity contribution in [2.75, 3.05) is 13.1 Å². The van der Waals surface area contributed by atoms with E-state index in [0.29, 0.717) is 5.92 Å². The average molecular weight is 331 g/mol. The molecule has 1 fully saturated rings. The Kier molecular flexibility index (Phi) is 4.68. The Labute approximate surface area is 121 Å². The number of nitrogens with zero attached hydrogens (tertiary/aromatic N) is 1. The minimum Gasteiger partial charge on any atom is -0.339 e. The van der Waals surface area contributed by atoms with Gasteiger partial charge in [0.1, 0.15) is 0 Å². The maximum Gasteiger partial charge on any atom is 0.254 e. The summed E-state index contributed by atoms with van der Waals surface area (Å²) in [4.78, 5) is 14.3. The predicted octanol–water partition coefficient (Wildman–Crippen LogP) is 3.93. The predicted molar refractivity (Wildman–Crippen MR) is 78.1 cm³/mol. The summed E-state index contributed by atoms with van der Waals surface area (Å²) >= 11 is 9.55. The highest BCUT2D eigenvalue weighted by atomic mass is 79.9. The number of halogens is 2. The molecule has 0 N–H and O–H groups in total. The lowest BCUT2D eigenvalue weighted by Crippen LogP contribution is -2.40. The Morgan fingerprint density at radius 3 is 2.56 bits per heavy atom. The fourth-order valence-electron chi connectivity index (χ4n) is 2.37. The van der Waals surface area contributed by atoms with Crippen LogP contribution in [0.5, 0.6) is 0 Å². The number of carbonyl (C=O) groups excluding carboxylic acids is 1. The van der Waals surface area contributed by atoms with Crippen molar-refractivity contribution in [1.82, 2.24) is 4.90 Å². The molecule has 1 aromatic rings. The molecule has 0 aromatic heterocycles. The fourth-order valence-corrected chi connectivity index (χ4v) is 3.07. The summed E-state index contributed by atoms with van der Waals surface area (Å²) in [6, 6.07) is 7.58. The maximum atomic E-state index is 12.4. The first-order valence-electron chi connectivity index (χ1n) is 6.27. The van der Waals surface area contributed by atoms with Crippen LogP contribution in [0.15, 0.2) is 28.7 Å². The molecule has 18 heavy (non-hydrogen) atoms. The van der Waals surface area contributed by atoms with Crippen LogP contribution in [-0.2, 0) is 0 Å². The van der Waals surface area contributed by atoms with E-state index in [1.54, 1.807) is 0 Å². The summed E-state index contributed by atoms with van der Waals surface area (Å²) in [5.74, 6) is 0.651. The number of rotatable bonds is 2. The normalized spacial score (nSPS) is 18.7. The minimum atomic E-state index is 0.114. The van der Waals surface area contributed by atoms with Crippen molar-refractivity contribution >= 4 is 33.4 Å². The standard InChI is InChI=1S/C14H17BrClNO/c1-10(16)11-6-8-17(9-7-11)14(18)12-4-2-3-5-13(12)15/h2-5,10-11H,6-9H2,1H3. The number of hydrogen-bond acceptors (Lipinski definition) is 1. The van der Waals surface area contributed by atoms with E-state index in [2.05, 4.69) is 15.9 Å². The molecule has 0 bridgehead atoms. The van der Waals surface area contributed by atoms with Crippen molar-refractivity contribution < 1.29 is 4.79 Å². The molecule has 0 saturated carbocycles. The van der Waals surface area contributed by atoms with E-state index < -0.39 is 0 Å². The van der Waals surface area contributed by atoms with Gasteiger partial charge >= 0.3 is 0 Å². The van der Waals surface area contributed by atoms with E-state index in [4.69, 9.17) is 11.6 Å². The molecule has 1 amide bonds. The van der Waals surface area contributed by atoms with Crippen molar-refractivity contribution in [2.24, 2.45) is 5.92 Å². The van der Waals surface area contributed by atoms with Crippen molar-refractivity contribution in [3.8, 4) is 0 Å². The molecule has 0 spiro atoms. The maximum absolute atomic E-state index is 12.4. The Bertz CT molecular complexity index is 428. The number of likely N-dealkylation sites (tertiary alicyclic amines) is 1. The molecule has 1 aromatic carbocycles. The monoisotopic (exact) mass is 329 g/mol. The molecule has 4 heteroatoms. The largest absolute Gasteiger partial charge is 0.339 e. The van der Waals surface area contributed by atoms with Gasteiger partial charge in [-0.25, -0.2) is 0 Å². The van der Waals surface area contributed by atoms with Gasteiger partial charge in [0.05, 0.1) is 5.56 Å². The highest BCUT2D eigenvalue weighted by Gasteiger charge is 2.26. The number of alkyl halides is 1. The zero-order valence-corrected chi connectivity index (χ0v) is 12.7. The Morgan fingerprint density at radius 2 is 2.00 bits per heavy atom. The molecular formula is C14H17BrClNO. The third-order valence-corrected chi connectivity index (χ3v) is 4.63. The van der Waals surface area contributed by atoms with Gasteiger partial charge in [0.2, 0.25) is 0 Å². The van der Waals surface area contributed by atoms with Crippen LogP contribution in [0.25, 0.3) is 0 Å². The van der Waals surface area contributed by atoms with Crippen LogP contribution in [0.1, 0.15) is 30.1 Å². The van der Waals surface area contributed by atoms with Crippen LogP contribution in [-0.4, -0.2) is 29.3 Å². The minimum absolute atomic E-state index is 0.114. The zero-order chi connectivity index (χ0) is 13.1. The van der Waals surface area contributed by atoms with Gasteiger partial charge in [-0.05, 0) is 53.7 Å². The summed E-state index contributed by atoms with van der Waals surface area (Å²) in [5, 5.41) is 0.200. The number of carbonyl (C=O) groups is 1. The summed E-state index contributed by atoms with van der Waals surface area (Å²) in [6.45, 7) is 3.65. The SMILES string of the molecule is CC(Cl)C1CCN(C(=O)c2ccccc2Br)CC1. The number of hydrogen-bond donors (Lipinski definition) is 0. The lowest BCUT2D eigenvalue weighted by Gasteiger charge is -2.33. The van der Waals surface area contributed by atoms with Crippen molar-refractivity contribution in [3.63, 3.8) is 0 Å². The zero-order valence-electron chi connectivity index (χ0n) is 10.4. The second-order valence-electron chi connectivity index (χ2n) is 4.79. The summed E-state index contributed by atoms with van der Waals surface area (Å²) < 4.78 is 0.864. The smallest absolute Gasteiger partial charge is 0.254 e. The van der Waals surface area contributed by atoms with E-state index in [0.717, 1.165) is 36.0 Å². The fraction of sp³-hybridized carbons (Fsp3) is 0.500. The van der Waals surface area contributed by atoms with E-state index in [-0.39, 0.29) is 11.3 Å². The van der Waals surface area contributed by atoms with Gasteiger partial charge in [-0.1, -0.05) is 12.1 Å². The van der Waals surface area contributed by atoms with Gasteiger partial charge in [-0.3, -0.25) is 4.79 Å². The molecule has 2 nitrogen and oxygen atoms in total. The summed E-state index contributed by atoms with van der Waals surface area (Å²) in [5.41, 5.74) is 0.745. The van der Waals surface area contributed by atoms with Gasteiger partial charge < -0.3 is 4.90 Å². The molecule has 0 radical (unpaired) electrons. The van der Waals surface area contributed by atoms with Gasteiger partial charge in [-0.2, -0.15) is 0 Å². The Hall–Kier alpha value is -0.540. The number of piperidine rings is 1. The lowest BCUT2D eigenvalue weighted by atomic mass is 9.93. The summed E-state index contributed by atoms with van der Waals surface area (Å²) in [6.07, 6.45) is 2.00. The van der Waals surface area contributed by atoms with Crippen LogP contribution < -0.4 is 0 Å². The van der Waals surface area contributed by atoms with Crippen molar-refractivity contribution in [2.45, 2.75) is 25.1 Å². The molecule has 1 atom stereocenters. The van der Waals surface area contributed by atoms with Crippen LogP contribution in [0, 0.1) is 5.92 Å². The second kappa shape index (κ2) is 6.07. The molecule has 1 saturated heterocycles. The van der Waals surface area contributed by atoms with Gasteiger partial charge in [0, 0.05) is 22.9 Å². The van der Waals surface area contributed by atoms with Crippen LogP contribution in [0.3, 0.4) is 0 Å². The highest BCUT2D eigenvalue weighted by Crippen LogP contribution is 2.26. The Balaban J connectivity index is 2.02. The van der Waals surface area contributed by atoms with Gasteiger partial charge in [0.25, 0.3) is 5.91 Å². The van der Waals surface area contributed by atoms with E-state index in [1.165, 1.54) is 0 Å². The van der Waals surface area contributed by atoms with E-state index in [1.807, 2.05) is 36.1 Å². The summed E-state index contributed by atoms with van der Waals surface area (Å²) in [7, 11) is 0. The van der Waals surface area contributed by atoms with Crippen LogP contribution in [0.4, 0.5) is 0 Å². The molecule has 1 unspecified atom stereocenters. The lowest BCUT2D eigenvalue weighted by molar-refractivity contribution is 0.0689. The quantitative estimate of drug-likeness (QED) is 0.752. The van der Waals surface area contributed by atoms with Gasteiger partial charge in [0.15, 0.2) is 0 Å². The second-order valence-corrected chi connectivity index (χ2v) is 6.33. The molecule has 1 aliphatic heterocycles. The van der Waals surface area contributed by atoms with Crippen molar-refractivity contribution in [3.05, 3.63) is 34.3 Å². The first kappa shape index (κ1) is 13.9. The van der Waals surface area contributed by atoms with E-state index in [9.17, 15) is 4.79 Å². The van der Waals surface area contributed by atoms with Crippen LogP contribution >= 0.6 is 27.5 Å². The number of amides is 1. The average Bonchev–Trinajstić information content (AvgIpc) is 2.38.